The fourth-order valence-electron chi connectivity index (χ4n) is 6.01. The summed E-state index contributed by atoms with van der Waals surface area (Å²) in [6, 6.07) is 7.91. The van der Waals surface area contributed by atoms with E-state index in [1.165, 1.54) is 0 Å². The van der Waals surface area contributed by atoms with Gasteiger partial charge in [-0.3, -0.25) is 4.79 Å². The molecule has 3 aromatic carbocycles. The van der Waals surface area contributed by atoms with E-state index in [0.29, 0.717) is 31.1 Å². The minimum atomic E-state index is -0.734. The van der Waals surface area contributed by atoms with E-state index in [2.05, 4.69) is 26.0 Å². The van der Waals surface area contributed by atoms with Gasteiger partial charge in [-0.1, -0.05) is 26.3 Å². The van der Waals surface area contributed by atoms with E-state index in [1.54, 1.807) is 21.3 Å². The number of methoxy groups -OCH3 is 3. The summed E-state index contributed by atoms with van der Waals surface area (Å²) in [6.07, 6.45) is 3.40. The highest BCUT2D eigenvalue weighted by Gasteiger charge is 2.42. The molecule has 6 heteroatoms. The van der Waals surface area contributed by atoms with Crippen LogP contribution in [0.15, 0.2) is 24.3 Å². The lowest BCUT2D eigenvalue weighted by molar-refractivity contribution is -0.131. The molecule has 0 spiro atoms. The van der Waals surface area contributed by atoms with Crippen molar-refractivity contribution in [2.45, 2.75) is 64.6 Å². The van der Waals surface area contributed by atoms with Crippen molar-refractivity contribution in [3.05, 3.63) is 41.0 Å². The third-order valence-electron chi connectivity index (χ3n) is 8.15. The average Bonchev–Trinajstić information content (AvgIpc) is 3.26. The van der Waals surface area contributed by atoms with Crippen molar-refractivity contribution in [3.63, 3.8) is 0 Å². The summed E-state index contributed by atoms with van der Waals surface area (Å²) in [7, 11) is 5.02. The molecular weight excluding hydrogens is 442 g/mol. The molecule has 1 amide bonds. The largest absolute Gasteiger partial charge is 0.497 e. The quantitative estimate of drug-likeness (QED) is 0.453. The minimum absolute atomic E-state index is 0.111. The van der Waals surface area contributed by atoms with Gasteiger partial charge in [0.1, 0.15) is 11.9 Å². The number of aliphatic hydroxyl groups excluding tert-OH is 1. The van der Waals surface area contributed by atoms with Gasteiger partial charge in [0.2, 0.25) is 5.91 Å². The molecule has 1 saturated heterocycles. The van der Waals surface area contributed by atoms with E-state index >= 15 is 0 Å². The van der Waals surface area contributed by atoms with Crippen LogP contribution in [0.4, 0.5) is 0 Å². The lowest BCUT2D eigenvalue weighted by Gasteiger charge is -2.37. The van der Waals surface area contributed by atoms with E-state index in [9.17, 15) is 9.90 Å². The molecule has 0 aromatic heterocycles. The van der Waals surface area contributed by atoms with Gasteiger partial charge in [-0.15, -0.1) is 0 Å². The van der Waals surface area contributed by atoms with Crippen molar-refractivity contribution in [2.24, 2.45) is 5.92 Å². The van der Waals surface area contributed by atoms with Crippen molar-refractivity contribution in [1.82, 2.24) is 4.90 Å². The highest BCUT2D eigenvalue weighted by Crippen LogP contribution is 2.49. The number of ether oxygens (including phenoxy) is 3. The molecule has 2 aliphatic rings. The van der Waals surface area contributed by atoms with Crippen molar-refractivity contribution < 1.29 is 24.1 Å². The first-order valence-electron chi connectivity index (χ1n) is 12.6. The predicted molar refractivity (Wildman–Crippen MR) is 137 cm³/mol. The maximum absolute atomic E-state index is 12.7. The summed E-state index contributed by atoms with van der Waals surface area (Å²) in [6.45, 7) is 4.98. The Bertz CT molecular complexity index is 1300. The molecule has 0 aliphatic carbocycles. The van der Waals surface area contributed by atoms with Gasteiger partial charge in [-0.25, -0.2) is 0 Å². The zero-order valence-electron chi connectivity index (χ0n) is 21.3. The molecule has 35 heavy (non-hydrogen) atoms. The number of aliphatic hydroxyl groups is 1. The molecule has 0 bridgehead atoms. The first-order valence-corrected chi connectivity index (χ1v) is 12.6. The molecule has 0 saturated carbocycles. The molecule has 0 radical (unpaired) electrons. The molecule has 3 aromatic rings. The number of carbonyl (C=O) groups is 1. The van der Waals surface area contributed by atoms with Crippen LogP contribution in [0.5, 0.6) is 17.2 Å². The van der Waals surface area contributed by atoms with Crippen LogP contribution < -0.4 is 14.2 Å². The number of carbonyl (C=O) groups excluding carboxylic acids is 1. The molecule has 2 heterocycles. The molecule has 6 nitrogen and oxygen atoms in total. The summed E-state index contributed by atoms with van der Waals surface area (Å²) >= 11 is 0. The number of aryl methyl sites for hydroxylation is 1. The van der Waals surface area contributed by atoms with Crippen LogP contribution in [0.2, 0.25) is 0 Å². The zero-order valence-corrected chi connectivity index (χ0v) is 21.3. The van der Waals surface area contributed by atoms with Crippen molar-refractivity contribution >= 4 is 27.5 Å². The van der Waals surface area contributed by atoms with Gasteiger partial charge in [0.05, 0.1) is 27.4 Å². The van der Waals surface area contributed by atoms with Crippen LogP contribution in [0.1, 0.15) is 62.3 Å². The molecule has 3 atom stereocenters. The fourth-order valence-corrected chi connectivity index (χ4v) is 6.01. The molecule has 2 aliphatic heterocycles. The first-order chi connectivity index (χ1) is 16.9. The maximum atomic E-state index is 12.7. The average molecular weight is 478 g/mol. The van der Waals surface area contributed by atoms with Crippen LogP contribution in [0.25, 0.3) is 21.5 Å². The second-order valence-corrected chi connectivity index (χ2v) is 9.94. The Hall–Kier alpha value is -2.99. The van der Waals surface area contributed by atoms with Crippen LogP contribution >= 0.6 is 0 Å². The fraction of sp³-hybridized carbons (Fsp3) is 0.483. The Balaban J connectivity index is 1.90. The second-order valence-electron chi connectivity index (χ2n) is 9.94. The first kappa shape index (κ1) is 23.7. The third-order valence-corrected chi connectivity index (χ3v) is 8.15. The number of fused-ring (bicyclic) bond motifs is 7. The Morgan fingerprint density at radius 3 is 2.57 bits per heavy atom. The van der Waals surface area contributed by atoms with E-state index in [0.717, 1.165) is 69.0 Å². The topological polar surface area (TPSA) is 68.2 Å². The van der Waals surface area contributed by atoms with Crippen LogP contribution in [-0.2, 0) is 17.8 Å². The Morgan fingerprint density at radius 2 is 1.89 bits per heavy atom. The van der Waals surface area contributed by atoms with E-state index in [-0.39, 0.29) is 11.9 Å². The van der Waals surface area contributed by atoms with Gasteiger partial charge in [-0.2, -0.15) is 0 Å². The second kappa shape index (κ2) is 9.23. The zero-order chi connectivity index (χ0) is 24.9. The number of rotatable bonds is 7. The molecule has 1 fully saturated rings. The minimum Gasteiger partial charge on any atom is -0.497 e. The van der Waals surface area contributed by atoms with Gasteiger partial charge in [0.25, 0.3) is 0 Å². The lowest BCUT2D eigenvalue weighted by Crippen LogP contribution is -2.41. The van der Waals surface area contributed by atoms with E-state index in [4.69, 9.17) is 14.2 Å². The van der Waals surface area contributed by atoms with E-state index in [1.807, 2.05) is 17.0 Å². The Morgan fingerprint density at radius 1 is 1.09 bits per heavy atom. The smallest absolute Gasteiger partial charge is 0.223 e. The van der Waals surface area contributed by atoms with Crippen molar-refractivity contribution in [3.8, 4) is 17.2 Å². The normalized spacial score (nSPS) is 20.2. The third kappa shape index (κ3) is 3.70. The molecule has 1 N–H and O–H groups in total. The van der Waals surface area contributed by atoms with Crippen LogP contribution in [0.3, 0.4) is 0 Å². The van der Waals surface area contributed by atoms with Crippen LogP contribution in [-0.4, -0.2) is 43.3 Å². The van der Waals surface area contributed by atoms with Gasteiger partial charge in [0.15, 0.2) is 11.5 Å². The summed E-state index contributed by atoms with van der Waals surface area (Å²) in [5.74, 6) is 2.88. The summed E-state index contributed by atoms with van der Waals surface area (Å²) < 4.78 is 17.3. The highest BCUT2D eigenvalue weighted by molar-refractivity contribution is 6.14. The lowest BCUT2D eigenvalue weighted by atomic mass is 9.81. The number of hydrogen-bond donors (Lipinski definition) is 1. The standard InChI is InChI=1S/C29H35NO5/c1-6-16(2)7-9-19-26-20-13-17(33-3)8-10-18(20)27-22(21(26)14-24(34-4)29(19)35-5)15-30-23(28(27)32)11-12-25(30)31/h8,10,13-14,16,23,28,32H,6-7,9,11-12,15H2,1-5H3/t16?,23-,28+/m0/s1. The van der Waals surface area contributed by atoms with Crippen molar-refractivity contribution in [1.29, 1.82) is 0 Å². The van der Waals surface area contributed by atoms with Gasteiger partial charge in [0, 0.05) is 18.5 Å². The number of amides is 1. The molecule has 1 unspecified atom stereocenters. The Labute approximate surface area is 206 Å². The van der Waals surface area contributed by atoms with Gasteiger partial charge in [-0.05, 0) is 76.1 Å². The van der Waals surface area contributed by atoms with Gasteiger partial charge < -0.3 is 24.2 Å². The number of hydrogen-bond acceptors (Lipinski definition) is 5. The van der Waals surface area contributed by atoms with Crippen LogP contribution in [0, 0.1) is 5.92 Å². The maximum Gasteiger partial charge on any atom is 0.223 e. The highest BCUT2D eigenvalue weighted by atomic mass is 16.5. The van der Waals surface area contributed by atoms with Gasteiger partial charge >= 0.3 is 0 Å². The monoisotopic (exact) mass is 477 g/mol. The molecular formula is C29H35NO5. The number of nitrogens with zero attached hydrogens (tertiary/aromatic N) is 1. The molecule has 186 valence electrons. The SMILES string of the molecule is CCC(C)CCc1c(OC)c(OC)cc2c3c(c4ccc(OC)cc4c12)[C@H](O)[C@@H]1CCC(=O)N1C3. The summed E-state index contributed by atoms with van der Waals surface area (Å²) in [4.78, 5) is 14.6. The van der Waals surface area contributed by atoms with E-state index < -0.39 is 6.10 Å². The summed E-state index contributed by atoms with van der Waals surface area (Å²) in [5.41, 5.74) is 3.03. The predicted octanol–water partition coefficient (Wildman–Crippen LogP) is 5.54. The Kier molecular flexibility index (Phi) is 6.26. The van der Waals surface area contributed by atoms with Crippen molar-refractivity contribution in [2.75, 3.05) is 21.3 Å². The molecule has 5 rings (SSSR count). The number of benzene rings is 3. The summed E-state index contributed by atoms with van der Waals surface area (Å²) in [5, 5.41) is 15.7.